The van der Waals surface area contributed by atoms with Gasteiger partial charge in [-0.2, -0.15) is 5.26 Å². The molecular weight excluding hydrogens is 198 g/mol. The van der Waals surface area contributed by atoms with E-state index in [4.69, 9.17) is 5.26 Å². The summed E-state index contributed by atoms with van der Waals surface area (Å²) in [5.74, 6) is 0.557. The van der Waals surface area contributed by atoms with E-state index >= 15 is 0 Å². The molecule has 0 bridgehead atoms. The highest BCUT2D eigenvalue weighted by atomic mass is 15.1. The number of hydrogen-bond acceptors (Lipinski definition) is 3. The van der Waals surface area contributed by atoms with Crippen molar-refractivity contribution in [1.82, 2.24) is 4.90 Å². The van der Waals surface area contributed by atoms with Gasteiger partial charge in [-0.1, -0.05) is 0 Å². The molecule has 0 spiro atoms. The molecule has 3 nitrogen and oxygen atoms in total. The van der Waals surface area contributed by atoms with E-state index < -0.39 is 0 Å². The van der Waals surface area contributed by atoms with Crippen LogP contribution in [0.15, 0.2) is 18.2 Å². The fourth-order valence-electron chi connectivity index (χ4n) is 2.87. The SMILES string of the molecule is CN1CCC2Nc3ccc(C#N)cc3C2C1. The molecule has 1 N–H and O–H groups in total. The van der Waals surface area contributed by atoms with Crippen molar-refractivity contribution in [3.63, 3.8) is 0 Å². The smallest absolute Gasteiger partial charge is 0.0991 e. The normalized spacial score (nSPS) is 27.8. The summed E-state index contributed by atoms with van der Waals surface area (Å²) in [5.41, 5.74) is 3.33. The molecule has 0 saturated carbocycles. The van der Waals surface area contributed by atoms with Gasteiger partial charge in [0.05, 0.1) is 11.6 Å². The first-order valence-corrected chi connectivity index (χ1v) is 5.77. The van der Waals surface area contributed by atoms with Crippen molar-refractivity contribution in [2.45, 2.75) is 18.4 Å². The van der Waals surface area contributed by atoms with Crippen LogP contribution in [0.3, 0.4) is 0 Å². The highest BCUT2D eigenvalue weighted by Gasteiger charge is 2.35. The molecule has 82 valence electrons. The number of likely N-dealkylation sites (N-methyl/N-ethyl adjacent to an activating group) is 1. The van der Waals surface area contributed by atoms with Crippen molar-refractivity contribution in [2.75, 3.05) is 25.5 Å². The van der Waals surface area contributed by atoms with Crippen molar-refractivity contribution >= 4 is 5.69 Å². The molecule has 3 heteroatoms. The lowest BCUT2D eigenvalue weighted by molar-refractivity contribution is 0.243. The summed E-state index contributed by atoms with van der Waals surface area (Å²) in [6, 6.07) is 8.78. The maximum Gasteiger partial charge on any atom is 0.0991 e. The topological polar surface area (TPSA) is 39.1 Å². The Bertz CT molecular complexity index is 461. The fraction of sp³-hybridized carbons (Fsp3) is 0.462. The van der Waals surface area contributed by atoms with E-state index in [-0.39, 0.29) is 0 Å². The molecule has 1 aromatic rings. The van der Waals surface area contributed by atoms with Crippen LogP contribution in [-0.4, -0.2) is 31.1 Å². The third-order valence-corrected chi connectivity index (χ3v) is 3.74. The molecule has 1 aromatic carbocycles. The van der Waals surface area contributed by atoms with Crippen LogP contribution in [0.25, 0.3) is 0 Å². The largest absolute Gasteiger partial charge is 0.381 e. The van der Waals surface area contributed by atoms with Gasteiger partial charge >= 0.3 is 0 Å². The molecule has 1 fully saturated rings. The number of fused-ring (bicyclic) bond motifs is 3. The molecule has 0 aliphatic carbocycles. The minimum Gasteiger partial charge on any atom is -0.381 e. The number of nitriles is 1. The van der Waals surface area contributed by atoms with Crippen molar-refractivity contribution < 1.29 is 0 Å². The molecule has 0 amide bonds. The van der Waals surface area contributed by atoms with E-state index in [1.165, 1.54) is 17.7 Å². The summed E-state index contributed by atoms with van der Waals surface area (Å²) in [5, 5.41) is 12.5. The molecule has 2 atom stereocenters. The van der Waals surface area contributed by atoms with Crippen molar-refractivity contribution in [3.8, 4) is 6.07 Å². The molecule has 16 heavy (non-hydrogen) atoms. The van der Waals surface area contributed by atoms with Gasteiger partial charge in [0.1, 0.15) is 0 Å². The number of rotatable bonds is 0. The molecule has 2 aliphatic rings. The van der Waals surface area contributed by atoms with Gasteiger partial charge in [0, 0.05) is 24.2 Å². The van der Waals surface area contributed by atoms with Gasteiger partial charge in [-0.25, -0.2) is 0 Å². The Kier molecular flexibility index (Phi) is 2.12. The minimum absolute atomic E-state index is 0.557. The maximum atomic E-state index is 8.94. The van der Waals surface area contributed by atoms with Crippen LogP contribution < -0.4 is 5.32 Å². The van der Waals surface area contributed by atoms with Crippen molar-refractivity contribution in [3.05, 3.63) is 29.3 Å². The van der Waals surface area contributed by atoms with Crippen LogP contribution in [-0.2, 0) is 0 Å². The summed E-state index contributed by atoms with van der Waals surface area (Å²) in [6.45, 7) is 2.26. The minimum atomic E-state index is 0.557. The highest BCUT2D eigenvalue weighted by molar-refractivity contribution is 5.62. The predicted octanol–water partition coefficient (Wildman–Crippen LogP) is 1.77. The van der Waals surface area contributed by atoms with E-state index in [1.807, 2.05) is 18.2 Å². The summed E-state index contributed by atoms with van der Waals surface area (Å²) in [6.07, 6.45) is 1.19. The number of anilines is 1. The lowest BCUT2D eigenvalue weighted by Gasteiger charge is -2.32. The van der Waals surface area contributed by atoms with E-state index in [1.54, 1.807) is 0 Å². The Hall–Kier alpha value is -1.53. The molecule has 2 unspecified atom stereocenters. The first-order chi connectivity index (χ1) is 7.78. The van der Waals surface area contributed by atoms with Crippen molar-refractivity contribution in [2.24, 2.45) is 0 Å². The zero-order chi connectivity index (χ0) is 11.1. The number of benzene rings is 1. The monoisotopic (exact) mass is 213 g/mol. The van der Waals surface area contributed by atoms with Crippen LogP contribution >= 0.6 is 0 Å². The van der Waals surface area contributed by atoms with Gasteiger partial charge in [0.15, 0.2) is 0 Å². The zero-order valence-electron chi connectivity index (χ0n) is 9.40. The molecular formula is C13H15N3. The number of nitrogens with one attached hydrogen (secondary N) is 1. The lowest BCUT2D eigenvalue weighted by Crippen LogP contribution is -2.39. The second-order valence-corrected chi connectivity index (χ2v) is 4.82. The zero-order valence-corrected chi connectivity index (χ0v) is 9.40. The number of piperidine rings is 1. The van der Waals surface area contributed by atoms with Crippen LogP contribution in [0.1, 0.15) is 23.5 Å². The Labute approximate surface area is 95.7 Å². The highest BCUT2D eigenvalue weighted by Crippen LogP contribution is 2.40. The Morgan fingerprint density at radius 2 is 2.38 bits per heavy atom. The van der Waals surface area contributed by atoms with Gasteiger partial charge in [-0.3, -0.25) is 0 Å². The van der Waals surface area contributed by atoms with Gasteiger partial charge in [-0.15, -0.1) is 0 Å². The van der Waals surface area contributed by atoms with Gasteiger partial charge < -0.3 is 10.2 Å². The summed E-state index contributed by atoms with van der Waals surface area (Å²) in [7, 11) is 2.17. The second kappa shape index (κ2) is 3.50. The third-order valence-electron chi connectivity index (χ3n) is 3.74. The Balaban J connectivity index is 1.99. The van der Waals surface area contributed by atoms with Crippen LogP contribution in [0.5, 0.6) is 0 Å². The predicted molar refractivity (Wildman–Crippen MR) is 63.4 cm³/mol. The molecule has 3 rings (SSSR count). The third kappa shape index (κ3) is 1.38. The van der Waals surface area contributed by atoms with E-state index in [0.717, 1.165) is 18.7 Å². The van der Waals surface area contributed by atoms with Crippen LogP contribution in [0.4, 0.5) is 5.69 Å². The fourth-order valence-corrected chi connectivity index (χ4v) is 2.87. The Morgan fingerprint density at radius 1 is 1.50 bits per heavy atom. The quantitative estimate of drug-likeness (QED) is 0.714. The van der Waals surface area contributed by atoms with E-state index in [9.17, 15) is 0 Å². The second-order valence-electron chi connectivity index (χ2n) is 4.82. The maximum absolute atomic E-state index is 8.94. The lowest BCUT2D eigenvalue weighted by atomic mass is 9.89. The van der Waals surface area contributed by atoms with Gasteiger partial charge in [0.2, 0.25) is 0 Å². The van der Waals surface area contributed by atoms with Crippen LogP contribution in [0.2, 0.25) is 0 Å². The number of likely N-dealkylation sites (tertiary alicyclic amines) is 1. The number of nitrogens with zero attached hydrogens (tertiary/aromatic N) is 2. The standard InChI is InChI=1S/C13H15N3/c1-16-5-4-13-11(8-16)10-6-9(7-14)2-3-12(10)15-13/h2-3,6,11,13,15H,4-5,8H2,1H3. The van der Waals surface area contributed by atoms with E-state index in [0.29, 0.717) is 12.0 Å². The average molecular weight is 213 g/mol. The summed E-state index contributed by atoms with van der Waals surface area (Å²) in [4.78, 5) is 2.37. The molecule has 0 aromatic heterocycles. The molecule has 2 aliphatic heterocycles. The molecule has 1 saturated heterocycles. The average Bonchev–Trinajstić information content (AvgIpc) is 2.66. The van der Waals surface area contributed by atoms with E-state index in [2.05, 4.69) is 23.3 Å². The Morgan fingerprint density at radius 3 is 3.19 bits per heavy atom. The van der Waals surface area contributed by atoms with Gasteiger partial charge in [-0.05, 0) is 43.8 Å². The molecule has 0 radical (unpaired) electrons. The summed E-state index contributed by atoms with van der Waals surface area (Å²) >= 11 is 0. The van der Waals surface area contributed by atoms with Gasteiger partial charge in [0.25, 0.3) is 0 Å². The summed E-state index contributed by atoms with van der Waals surface area (Å²) < 4.78 is 0. The first kappa shape index (κ1) is 9.68. The van der Waals surface area contributed by atoms with Crippen LogP contribution in [0, 0.1) is 11.3 Å². The van der Waals surface area contributed by atoms with Crippen molar-refractivity contribution in [1.29, 1.82) is 5.26 Å². The number of hydrogen-bond donors (Lipinski definition) is 1. The molecule has 2 heterocycles. The first-order valence-electron chi connectivity index (χ1n) is 5.77.